The molecule has 0 atom stereocenters. The summed E-state index contributed by atoms with van der Waals surface area (Å²) in [6, 6.07) is -24.2. The molecule has 1 aromatic heterocycles. The molecule has 0 aliphatic rings. The zero-order chi connectivity index (χ0) is 51.0. The van der Waals surface area contributed by atoms with Crippen LogP contribution in [0.15, 0.2) is 162 Å². The Labute approximate surface area is 285 Å². The lowest BCUT2D eigenvalue weighted by atomic mass is 9.83. The van der Waals surface area contributed by atoms with E-state index in [2.05, 4.69) is 0 Å². The van der Waals surface area contributed by atoms with Gasteiger partial charge in [0.2, 0.25) is 0 Å². The van der Waals surface area contributed by atoms with Gasteiger partial charge >= 0.3 is 0 Å². The number of hydrogen-bond acceptors (Lipinski definition) is 1. The van der Waals surface area contributed by atoms with Gasteiger partial charge in [0.15, 0.2) is 0 Å². The summed E-state index contributed by atoms with van der Waals surface area (Å²) in [5, 5.41) is -5.14. The molecule has 0 radical (unpaired) electrons. The summed E-state index contributed by atoms with van der Waals surface area (Å²) in [4.78, 5) is 0. The molecule has 0 spiro atoms. The molecular formula is C42H26O. The maximum absolute atomic E-state index is 9.49. The standard InChI is InChI=1S/C42H26O/c1-2-14-29-27(12-1)13-11-22-34(29)42-37-20-7-5-18-35(37)41(36-19-6-8-21-38(36)42)33-17-4-3-15-30(33)28-24-25-32-31-16-9-10-23-39(31)43-40(32)26-28/h1-26H/i1D,2D,3D,4D,5D,6D,7D,8D,9D,10D,11D,12D,13D,14D,15D,16D,17D,18D,19D,20D,21D,22D,23D,24D,25D,26D. The van der Waals surface area contributed by atoms with Gasteiger partial charge in [-0.25, -0.2) is 0 Å². The Kier molecular flexibility index (Phi) is 2.13. The van der Waals surface area contributed by atoms with Gasteiger partial charge in [0.05, 0.1) is 35.6 Å². The van der Waals surface area contributed by atoms with Crippen LogP contribution in [0.5, 0.6) is 0 Å². The molecule has 0 fully saturated rings. The number of benzene rings is 8. The molecule has 0 bridgehead atoms. The number of hydrogen-bond donors (Lipinski definition) is 0. The minimum atomic E-state index is -1.07. The molecule has 1 nitrogen and oxygen atoms in total. The third-order valence-electron chi connectivity index (χ3n) is 7.01. The largest absolute Gasteiger partial charge is 0.456 e. The highest BCUT2D eigenvalue weighted by molar-refractivity contribution is 6.24. The summed E-state index contributed by atoms with van der Waals surface area (Å²) in [5.74, 6) is 0. The van der Waals surface area contributed by atoms with Crippen molar-refractivity contribution in [3.8, 4) is 33.4 Å². The van der Waals surface area contributed by atoms with E-state index in [1.807, 2.05) is 0 Å². The van der Waals surface area contributed by atoms with Gasteiger partial charge in [0.1, 0.15) is 11.2 Å². The van der Waals surface area contributed by atoms with Crippen molar-refractivity contribution in [2.75, 3.05) is 0 Å². The average molecular weight is 573 g/mol. The summed E-state index contributed by atoms with van der Waals surface area (Å²) in [7, 11) is 0. The normalized spacial score (nSPS) is 20.2. The van der Waals surface area contributed by atoms with E-state index >= 15 is 0 Å². The second kappa shape index (κ2) is 9.44. The lowest BCUT2D eigenvalue weighted by molar-refractivity contribution is 0.669. The molecule has 1 heteroatoms. The summed E-state index contributed by atoms with van der Waals surface area (Å²) < 4.78 is 239. The monoisotopic (exact) mass is 572 g/mol. The van der Waals surface area contributed by atoms with E-state index in [4.69, 9.17) is 26.3 Å². The average Bonchev–Trinajstić information content (AvgIpc) is 3.74. The van der Waals surface area contributed by atoms with Crippen molar-refractivity contribution in [1.82, 2.24) is 0 Å². The van der Waals surface area contributed by atoms with Crippen LogP contribution >= 0.6 is 0 Å². The first-order valence-electron chi connectivity index (χ1n) is 25.7. The second-order valence-corrected chi connectivity index (χ2v) is 9.26. The van der Waals surface area contributed by atoms with E-state index in [-0.39, 0.29) is 5.39 Å². The molecule has 9 aromatic rings. The third kappa shape index (κ3) is 3.65. The second-order valence-electron chi connectivity index (χ2n) is 9.26. The van der Waals surface area contributed by atoms with Crippen LogP contribution in [-0.4, -0.2) is 0 Å². The predicted octanol–water partition coefficient (Wildman–Crippen LogP) is 12.0. The number of para-hydroxylation sites is 1. The Balaban J connectivity index is 1.64. The molecule has 0 aliphatic carbocycles. The van der Waals surface area contributed by atoms with Crippen LogP contribution in [0.1, 0.15) is 35.6 Å². The highest BCUT2D eigenvalue weighted by atomic mass is 16.3. The Morgan fingerprint density at radius 3 is 1.56 bits per heavy atom. The van der Waals surface area contributed by atoms with Gasteiger partial charge in [0.25, 0.3) is 0 Å². The first-order chi connectivity index (χ1) is 32.2. The summed E-state index contributed by atoms with van der Waals surface area (Å²) in [6.07, 6.45) is 0. The lowest BCUT2D eigenvalue weighted by Gasteiger charge is -2.20. The van der Waals surface area contributed by atoms with Gasteiger partial charge in [-0.15, -0.1) is 0 Å². The van der Waals surface area contributed by atoms with E-state index in [0.717, 1.165) is 0 Å². The third-order valence-corrected chi connectivity index (χ3v) is 7.01. The van der Waals surface area contributed by atoms with Crippen LogP contribution in [0.4, 0.5) is 0 Å². The van der Waals surface area contributed by atoms with Gasteiger partial charge in [-0.3, -0.25) is 0 Å². The first kappa shape index (κ1) is 9.69. The van der Waals surface area contributed by atoms with Crippen LogP contribution < -0.4 is 0 Å². The van der Waals surface area contributed by atoms with Crippen molar-refractivity contribution in [3.63, 3.8) is 0 Å². The zero-order valence-corrected chi connectivity index (χ0v) is 21.4. The number of rotatable bonds is 3. The molecule has 0 saturated carbocycles. The molecule has 1 heterocycles. The number of fused-ring (bicyclic) bond motifs is 6. The van der Waals surface area contributed by atoms with Gasteiger partial charge in [0, 0.05) is 10.8 Å². The molecule has 0 amide bonds. The van der Waals surface area contributed by atoms with Crippen LogP contribution in [0.25, 0.3) is 87.6 Å². The SMILES string of the molecule is [2H]c1c([2H])c([2H])c(-c2c3c([2H])c([2H])c([2H])c([2H])c3c(-c3c([2H])c([2H])c([2H])c4c([2H])c([2H])c([2H])c([2H])c34)c3c([2H])c([2H])c([2H])c([2H])c23)c(-c2c([2H])c([2H])c3c(oc4c([2H])c([2H])c([2H])c([2H])c43)c2[2H])c1[2H]. The van der Waals surface area contributed by atoms with E-state index in [9.17, 15) is 13.7 Å². The minimum Gasteiger partial charge on any atom is -0.456 e. The van der Waals surface area contributed by atoms with Crippen molar-refractivity contribution < 1.29 is 40.1 Å². The van der Waals surface area contributed by atoms with Crippen molar-refractivity contribution in [3.05, 3.63) is 157 Å². The lowest BCUT2D eigenvalue weighted by Crippen LogP contribution is -1.93. The fourth-order valence-corrected chi connectivity index (χ4v) is 5.23. The van der Waals surface area contributed by atoms with Gasteiger partial charge < -0.3 is 4.42 Å². The van der Waals surface area contributed by atoms with E-state index < -0.39 is 239 Å². The fraction of sp³-hybridized carbons (Fsp3) is 0. The van der Waals surface area contributed by atoms with Crippen molar-refractivity contribution >= 4 is 54.3 Å². The fourth-order valence-electron chi connectivity index (χ4n) is 5.23. The molecular weight excluding hydrogens is 520 g/mol. The Hall–Kier alpha value is -5.66. The van der Waals surface area contributed by atoms with Crippen LogP contribution in [0.3, 0.4) is 0 Å². The number of furan rings is 1. The summed E-state index contributed by atoms with van der Waals surface area (Å²) >= 11 is 0. The summed E-state index contributed by atoms with van der Waals surface area (Å²) in [5.41, 5.74) is -5.87. The van der Waals surface area contributed by atoms with Gasteiger partial charge in [-0.2, -0.15) is 0 Å². The Morgan fingerprint density at radius 1 is 0.349 bits per heavy atom. The minimum absolute atomic E-state index is 0.384. The van der Waals surface area contributed by atoms with Crippen LogP contribution in [-0.2, 0) is 0 Å². The maximum atomic E-state index is 9.49. The van der Waals surface area contributed by atoms with Crippen LogP contribution in [0.2, 0.25) is 0 Å². The highest BCUT2D eigenvalue weighted by Crippen LogP contribution is 2.47. The molecule has 0 aliphatic heterocycles. The maximum Gasteiger partial charge on any atom is 0.136 e. The zero-order valence-electron chi connectivity index (χ0n) is 47.4. The smallest absolute Gasteiger partial charge is 0.136 e. The topological polar surface area (TPSA) is 13.1 Å². The predicted molar refractivity (Wildman–Crippen MR) is 183 cm³/mol. The van der Waals surface area contributed by atoms with Crippen molar-refractivity contribution in [2.24, 2.45) is 0 Å². The molecule has 0 unspecified atom stereocenters. The molecule has 8 aromatic carbocycles. The molecule has 200 valence electrons. The van der Waals surface area contributed by atoms with Crippen molar-refractivity contribution in [2.45, 2.75) is 0 Å². The quantitative estimate of drug-likeness (QED) is 0.192. The Morgan fingerprint density at radius 2 is 0.837 bits per heavy atom. The molecule has 43 heavy (non-hydrogen) atoms. The van der Waals surface area contributed by atoms with E-state index in [0.29, 0.717) is 0 Å². The first-order valence-corrected chi connectivity index (χ1v) is 12.7. The van der Waals surface area contributed by atoms with Gasteiger partial charge in [-0.05, 0) is 83.8 Å². The molecule has 9 rings (SSSR count). The van der Waals surface area contributed by atoms with E-state index in [1.54, 1.807) is 0 Å². The Bertz CT molecular complexity index is 3880. The summed E-state index contributed by atoms with van der Waals surface area (Å²) in [6.45, 7) is 0. The van der Waals surface area contributed by atoms with Crippen molar-refractivity contribution in [1.29, 1.82) is 0 Å². The molecule has 0 N–H and O–H groups in total. The highest BCUT2D eigenvalue weighted by Gasteiger charge is 2.20. The van der Waals surface area contributed by atoms with Gasteiger partial charge in [-0.1, -0.05) is 139 Å². The van der Waals surface area contributed by atoms with Crippen LogP contribution in [0, 0.1) is 0 Å². The molecule has 0 saturated heterocycles. The van der Waals surface area contributed by atoms with E-state index in [1.165, 1.54) is 0 Å².